The van der Waals surface area contributed by atoms with E-state index in [4.69, 9.17) is 21.1 Å². The minimum absolute atomic E-state index is 0.115. The fourth-order valence-electron chi connectivity index (χ4n) is 3.81. The lowest BCUT2D eigenvalue weighted by Crippen LogP contribution is -2.37. The second kappa shape index (κ2) is 8.38. The summed E-state index contributed by atoms with van der Waals surface area (Å²) in [6.07, 6.45) is -3.37. The van der Waals surface area contributed by atoms with Crippen molar-refractivity contribution < 1.29 is 27.4 Å². The number of hydrogen-bond acceptors (Lipinski definition) is 4. The number of carbonyl (C=O) groups excluding carboxylic acids is 1. The molecular weight excluding hydrogens is 447 g/mol. The van der Waals surface area contributed by atoms with Crippen molar-refractivity contribution in [2.24, 2.45) is 0 Å². The number of hydrogen-bond donors (Lipinski definition) is 0. The molecular formula is C22H19ClF3N3O3. The molecule has 32 heavy (non-hydrogen) atoms. The zero-order valence-electron chi connectivity index (χ0n) is 17.2. The normalized spacial score (nSPS) is 13.6. The largest absolute Gasteiger partial charge is 0.493 e. The summed E-state index contributed by atoms with van der Waals surface area (Å²) >= 11 is 5.93. The van der Waals surface area contributed by atoms with Gasteiger partial charge in [-0.1, -0.05) is 17.7 Å². The molecule has 0 fully saturated rings. The second-order valence-corrected chi connectivity index (χ2v) is 7.69. The van der Waals surface area contributed by atoms with Crippen molar-refractivity contribution in [3.63, 3.8) is 0 Å². The second-order valence-electron chi connectivity index (χ2n) is 7.25. The molecule has 2 aromatic carbocycles. The van der Waals surface area contributed by atoms with E-state index in [0.717, 1.165) is 17.3 Å². The molecule has 1 aromatic heterocycles. The van der Waals surface area contributed by atoms with E-state index in [1.165, 1.54) is 37.3 Å². The lowest BCUT2D eigenvalue weighted by Gasteiger charge is -2.29. The van der Waals surface area contributed by atoms with Gasteiger partial charge in [-0.3, -0.25) is 4.79 Å². The molecule has 0 saturated heterocycles. The van der Waals surface area contributed by atoms with E-state index in [-0.39, 0.29) is 23.8 Å². The van der Waals surface area contributed by atoms with Gasteiger partial charge in [0.15, 0.2) is 17.2 Å². The van der Waals surface area contributed by atoms with Crippen molar-refractivity contribution in [3.8, 4) is 17.2 Å². The molecule has 168 valence electrons. The number of nitrogens with zero attached hydrogens (tertiary/aromatic N) is 3. The van der Waals surface area contributed by atoms with E-state index in [9.17, 15) is 18.0 Å². The van der Waals surface area contributed by atoms with Crippen LogP contribution < -0.4 is 9.47 Å². The zero-order valence-corrected chi connectivity index (χ0v) is 18.0. The number of carbonyl (C=O) groups is 1. The molecule has 0 spiro atoms. The minimum atomic E-state index is -4.80. The van der Waals surface area contributed by atoms with Crippen LogP contribution in [-0.4, -0.2) is 41.4 Å². The number of alkyl halides is 3. The molecule has 0 N–H and O–H groups in total. The molecule has 3 aromatic rings. The van der Waals surface area contributed by atoms with E-state index in [1.54, 1.807) is 12.1 Å². The Hall–Kier alpha value is -3.20. The summed E-state index contributed by atoms with van der Waals surface area (Å²) < 4.78 is 53.3. The number of rotatable bonds is 4. The maximum absolute atomic E-state index is 14.0. The van der Waals surface area contributed by atoms with Crippen molar-refractivity contribution in [2.45, 2.75) is 19.1 Å². The molecule has 0 radical (unpaired) electrons. The predicted molar refractivity (Wildman–Crippen MR) is 112 cm³/mol. The van der Waals surface area contributed by atoms with Crippen LogP contribution in [0.3, 0.4) is 0 Å². The smallest absolute Gasteiger partial charge is 0.434 e. The van der Waals surface area contributed by atoms with E-state index in [0.29, 0.717) is 22.6 Å². The van der Waals surface area contributed by atoms with Crippen LogP contribution in [0.25, 0.3) is 5.69 Å². The Labute approximate surface area is 187 Å². The van der Waals surface area contributed by atoms with Crippen molar-refractivity contribution >= 4 is 17.5 Å². The minimum Gasteiger partial charge on any atom is -0.493 e. The van der Waals surface area contributed by atoms with Gasteiger partial charge in [0.25, 0.3) is 5.91 Å². The summed E-state index contributed by atoms with van der Waals surface area (Å²) in [5.41, 5.74) is 0.212. The molecule has 0 bridgehead atoms. The molecule has 0 saturated carbocycles. The van der Waals surface area contributed by atoms with E-state index in [1.807, 2.05) is 6.07 Å². The van der Waals surface area contributed by atoms with Crippen LogP contribution in [0.15, 0.2) is 42.6 Å². The van der Waals surface area contributed by atoms with Gasteiger partial charge in [0, 0.05) is 18.1 Å². The quantitative estimate of drug-likeness (QED) is 0.557. The average Bonchev–Trinajstić information content (AvgIpc) is 3.23. The number of ether oxygens (including phenoxy) is 2. The van der Waals surface area contributed by atoms with Crippen LogP contribution in [0.2, 0.25) is 5.02 Å². The van der Waals surface area contributed by atoms with Crippen molar-refractivity contribution in [2.75, 3.05) is 20.8 Å². The lowest BCUT2D eigenvalue weighted by atomic mass is 9.98. The molecule has 1 aliphatic rings. The number of benzene rings is 2. The van der Waals surface area contributed by atoms with Gasteiger partial charge in [0.2, 0.25) is 0 Å². The Morgan fingerprint density at radius 1 is 1.09 bits per heavy atom. The van der Waals surface area contributed by atoms with Gasteiger partial charge >= 0.3 is 6.18 Å². The first-order valence-corrected chi connectivity index (χ1v) is 10.0. The zero-order chi connectivity index (χ0) is 23.0. The summed E-state index contributed by atoms with van der Waals surface area (Å²) in [4.78, 5) is 14.5. The highest BCUT2D eigenvalue weighted by atomic mass is 35.5. The van der Waals surface area contributed by atoms with E-state index in [2.05, 4.69) is 5.10 Å². The van der Waals surface area contributed by atoms with Crippen LogP contribution in [0.4, 0.5) is 13.2 Å². The number of halogens is 4. The van der Waals surface area contributed by atoms with Gasteiger partial charge in [-0.25, -0.2) is 4.68 Å². The number of methoxy groups -OCH3 is 2. The van der Waals surface area contributed by atoms with Gasteiger partial charge in [-0.05, 0) is 47.9 Å². The van der Waals surface area contributed by atoms with Crippen molar-refractivity contribution in [1.29, 1.82) is 0 Å². The Balaban J connectivity index is 1.70. The van der Waals surface area contributed by atoms with Gasteiger partial charge in [-0.15, -0.1) is 0 Å². The average molecular weight is 466 g/mol. The van der Waals surface area contributed by atoms with Gasteiger partial charge in [0.05, 0.1) is 31.7 Å². The molecule has 0 unspecified atom stereocenters. The van der Waals surface area contributed by atoms with Crippen LogP contribution in [0.1, 0.15) is 27.2 Å². The third-order valence-electron chi connectivity index (χ3n) is 5.33. The Morgan fingerprint density at radius 2 is 1.78 bits per heavy atom. The number of aromatic nitrogens is 2. The molecule has 2 heterocycles. The lowest BCUT2D eigenvalue weighted by molar-refractivity contribution is -0.143. The molecule has 0 aliphatic carbocycles. The fraction of sp³-hybridized carbons (Fsp3) is 0.273. The van der Waals surface area contributed by atoms with Crippen LogP contribution in [-0.2, 0) is 19.1 Å². The van der Waals surface area contributed by atoms with Crippen molar-refractivity contribution in [3.05, 3.63) is 70.0 Å². The summed E-state index contributed by atoms with van der Waals surface area (Å²) in [7, 11) is 3.02. The molecule has 4 rings (SSSR count). The first-order valence-electron chi connectivity index (χ1n) is 9.67. The SMILES string of the molecule is COc1cc2c(cc1OC)CN(C(=O)c1cnn(-c3cccc(Cl)c3)c1C(F)(F)F)CC2. The number of fused-ring (bicyclic) bond motifs is 1. The van der Waals surface area contributed by atoms with Gasteiger partial charge in [0.1, 0.15) is 0 Å². The molecule has 1 aliphatic heterocycles. The Kier molecular flexibility index (Phi) is 5.77. The summed E-state index contributed by atoms with van der Waals surface area (Å²) in [6.45, 7) is 0.412. The highest BCUT2D eigenvalue weighted by Gasteiger charge is 2.41. The fourth-order valence-corrected chi connectivity index (χ4v) is 3.99. The molecule has 1 amide bonds. The standard InChI is InChI=1S/C22H19ClF3N3O3/c1-31-18-8-13-6-7-28(12-14(13)9-19(18)32-2)21(30)17-11-27-29(20(17)22(24,25)26)16-5-3-4-15(23)10-16/h3-5,8-11H,6-7,12H2,1-2H3. The third kappa shape index (κ3) is 4.00. The summed E-state index contributed by atoms with van der Waals surface area (Å²) in [5, 5.41) is 4.12. The number of amides is 1. The summed E-state index contributed by atoms with van der Waals surface area (Å²) in [5.74, 6) is 0.310. The Bertz CT molecular complexity index is 1180. The van der Waals surface area contributed by atoms with E-state index >= 15 is 0 Å². The summed E-state index contributed by atoms with van der Waals surface area (Å²) in [6, 6.07) is 9.43. The third-order valence-corrected chi connectivity index (χ3v) is 5.56. The highest BCUT2D eigenvalue weighted by Crippen LogP contribution is 2.36. The topological polar surface area (TPSA) is 56.6 Å². The van der Waals surface area contributed by atoms with Gasteiger partial charge in [-0.2, -0.15) is 18.3 Å². The maximum Gasteiger partial charge on any atom is 0.434 e. The van der Waals surface area contributed by atoms with Crippen LogP contribution in [0.5, 0.6) is 11.5 Å². The molecule has 10 heteroatoms. The predicted octanol–water partition coefficient (Wildman–Crippen LogP) is 4.76. The monoisotopic (exact) mass is 465 g/mol. The molecule has 6 nitrogen and oxygen atoms in total. The maximum atomic E-state index is 14.0. The first-order chi connectivity index (χ1) is 15.2. The molecule has 0 atom stereocenters. The Morgan fingerprint density at radius 3 is 2.41 bits per heavy atom. The van der Waals surface area contributed by atoms with Crippen LogP contribution >= 0.6 is 11.6 Å². The van der Waals surface area contributed by atoms with Gasteiger partial charge < -0.3 is 14.4 Å². The first kappa shape index (κ1) is 22.0. The van der Waals surface area contributed by atoms with E-state index < -0.39 is 23.3 Å². The highest BCUT2D eigenvalue weighted by molar-refractivity contribution is 6.30. The van der Waals surface area contributed by atoms with Crippen molar-refractivity contribution in [1.82, 2.24) is 14.7 Å². The van der Waals surface area contributed by atoms with Crippen LogP contribution in [0, 0.1) is 0 Å².